The molecule has 1 aromatic carbocycles. The highest BCUT2D eigenvalue weighted by Crippen LogP contribution is 2.33. The predicted octanol–water partition coefficient (Wildman–Crippen LogP) is 2.31. The number of carbonyl (C=O) groups is 1. The van der Waals surface area contributed by atoms with Crippen molar-refractivity contribution in [2.75, 3.05) is 6.54 Å². The first-order chi connectivity index (χ1) is 8.88. The summed E-state index contributed by atoms with van der Waals surface area (Å²) < 4.78 is 38.5. The Labute approximate surface area is 108 Å². The Morgan fingerprint density at radius 3 is 2.63 bits per heavy atom. The van der Waals surface area contributed by atoms with Gasteiger partial charge in [-0.1, -0.05) is 18.2 Å². The highest BCUT2D eigenvalue weighted by Gasteiger charge is 2.35. The van der Waals surface area contributed by atoms with Gasteiger partial charge in [0, 0.05) is 0 Å². The number of nitrogens with one attached hydrogen (secondary N) is 1. The molecule has 19 heavy (non-hydrogen) atoms. The Kier molecular flexibility index (Phi) is 3.80. The van der Waals surface area contributed by atoms with Crippen molar-refractivity contribution < 1.29 is 23.1 Å². The molecular formula is C13H14F3NO2. The maximum absolute atomic E-state index is 12.8. The molecule has 3 nitrogen and oxygen atoms in total. The minimum atomic E-state index is -4.37. The Morgan fingerprint density at radius 2 is 2.05 bits per heavy atom. The van der Waals surface area contributed by atoms with Crippen LogP contribution in [-0.4, -0.2) is 23.7 Å². The van der Waals surface area contributed by atoms with E-state index in [1.54, 1.807) is 6.07 Å². The van der Waals surface area contributed by atoms with E-state index in [1.807, 2.05) is 0 Å². The lowest BCUT2D eigenvalue weighted by Gasteiger charge is -2.15. The van der Waals surface area contributed by atoms with Crippen LogP contribution in [0.2, 0.25) is 0 Å². The molecule has 1 heterocycles. The monoisotopic (exact) mass is 273 g/mol. The molecule has 0 aliphatic carbocycles. The van der Waals surface area contributed by atoms with Gasteiger partial charge in [-0.3, -0.25) is 4.79 Å². The second-order valence-corrected chi connectivity index (χ2v) is 4.76. The standard InChI is InChI=1S/C13H14F3NO2/c14-13(15,16)10-4-2-1-3-9(10)5-8-6-11(12(18)19)17-7-8/h1-4,8,11,17H,5-7H2,(H,18,19). The number of benzene rings is 1. The molecule has 0 saturated carbocycles. The van der Waals surface area contributed by atoms with Crippen LogP contribution in [0, 0.1) is 5.92 Å². The van der Waals surface area contributed by atoms with E-state index in [-0.39, 0.29) is 17.9 Å². The smallest absolute Gasteiger partial charge is 0.416 e. The molecular weight excluding hydrogens is 259 g/mol. The zero-order chi connectivity index (χ0) is 14.0. The van der Waals surface area contributed by atoms with Crippen molar-refractivity contribution >= 4 is 5.97 Å². The number of hydrogen-bond acceptors (Lipinski definition) is 2. The molecule has 6 heteroatoms. The minimum absolute atomic E-state index is 0.0791. The van der Waals surface area contributed by atoms with Gasteiger partial charge in [0.1, 0.15) is 6.04 Å². The number of aliphatic carboxylic acids is 1. The van der Waals surface area contributed by atoms with E-state index in [4.69, 9.17) is 5.11 Å². The summed E-state index contributed by atoms with van der Waals surface area (Å²) in [5.41, 5.74) is -0.401. The lowest BCUT2D eigenvalue weighted by Crippen LogP contribution is -2.29. The van der Waals surface area contributed by atoms with Crippen LogP contribution in [0.4, 0.5) is 13.2 Å². The Morgan fingerprint density at radius 1 is 1.37 bits per heavy atom. The van der Waals surface area contributed by atoms with Crippen molar-refractivity contribution in [1.82, 2.24) is 5.32 Å². The Bertz CT molecular complexity index is 473. The first-order valence-electron chi connectivity index (χ1n) is 5.99. The van der Waals surface area contributed by atoms with Crippen molar-refractivity contribution in [2.45, 2.75) is 25.1 Å². The van der Waals surface area contributed by atoms with Crippen molar-refractivity contribution in [2.24, 2.45) is 5.92 Å². The molecule has 2 N–H and O–H groups in total. The zero-order valence-electron chi connectivity index (χ0n) is 10.1. The summed E-state index contributed by atoms with van der Waals surface area (Å²) in [4.78, 5) is 10.8. The lowest BCUT2D eigenvalue weighted by molar-refractivity contribution is -0.139. The van der Waals surface area contributed by atoms with Gasteiger partial charge in [0.05, 0.1) is 5.56 Å². The average molecular weight is 273 g/mol. The molecule has 1 saturated heterocycles. The van der Waals surface area contributed by atoms with Crippen LogP contribution in [0.25, 0.3) is 0 Å². The van der Waals surface area contributed by atoms with Gasteiger partial charge in [-0.2, -0.15) is 13.2 Å². The maximum atomic E-state index is 12.8. The molecule has 2 unspecified atom stereocenters. The van der Waals surface area contributed by atoms with E-state index < -0.39 is 23.8 Å². The highest BCUT2D eigenvalue weighted by atomic mass is 19.4. The molecule has 0 aromatic heterocycles. The van der Waals surface area contributed by atoms with E-state index in [0.29, 0.717) is 13.0 Å². The van der Waals surface area contributed by atoms with Gasteiger partial charge >= 0.3 is 12.1 Å². The number of alkyl halides is 3. The summed E-state index contributed by atoms with van der Waals surface area (Å²) in [6.45, 7) is 0.434. The SMILES string of the molecule is O=C(O)C1CC(Cc2ccccc2C(F)(F)F)CN1. The first kappa shape index (κ1) is 13.9. The third kappa shape index (κ3) is 3.26. The molecule has 1 aromatic rings. The van der Waals surface area contributed by atoms with E-state index >= 15 is 0 Å². The van der Waals surface area contributed by atoms with E-state index in [0.717, 1.165) is 6.07 Å². The van der Waals surface area contributed by atoms with Gasteiger partial charge < -0.3 is 10.4 Å². The van der Waals surface area contributed by atoms with Gasteiger partial charge in [-0.05, 0) is 36.9 Å². The van der Waals surface area contributed by atoms with Crippen LogP contribution in [-0.2, 0) is 17.4 Å². The second kappa shape index (κ2) is 5.21. The third-order valence-electron chi connectivity index (χ3n) is 3.35. The molecule has 1 fully saturated rings. The number of hydrogen-bond donors (Lipinski definition) is 2. The molecule has 104 valence electrons. The maximum Gasteiger partial charge on any atom is 0.416 e. The number of rotatable bonds is 3. The van der Waals surface area contributed by atoms with Crippen molar-refractivity contribution in [3.63, 3.8) is 0 Å². The van der Waals surface area contributed by atoms with Crippen LogP contribution in [0.5, 0.6) is 0 Å². The highest BCUT2D eigenvalue weighted by molar-refractivity contribution is 5.73. The summed E-state index contributed by atoms with van der Waals surface area (Å²) in [6.07, 6.45) is -3.76. The lowest BCUT2D eigenvalue weighted by atomic mass is 9.93. The number of carboxylic acids is 1. The second-order valence-electron chi connectivity index (χ2n) is 4.76. The summed E-state index contributed by atoms with van der Waals surface area (Å²) in [5.74, 6) is -1.03. The molecule has 1 aliphatic heterocycles. The van der Waals surface area contributed by atoms with Gasteiger partial charge in [-0.25, -0.2) is 0 Å². The molecule has 2 rings (SSSR count). The normalized spacial score (nSPS) is 23.5. The van der Waals surface area contributed by atoms with Crippen LogP contribution in [0.1, 0.15) is 17.5 Å². The summed E-state index contributed by atoms with van der Waals surface area (Å²) in [7, 11) is 0. The van der Waals surface area contributed by atoms with Gasteiger partial charge in [0.15, 0.2) is 0 Å². The van der Waals surface area contributed by atoms with Gasteiger partial charge in [0.25, 0.3) is 0 Å². The molecule has 0 amide bonds. The summed E-state index contributed by atoms with van der Waals surface area (Å²) in [5, 5.41) is 11.6. The zero-order valence-corrected chi connectivity index (χ0v) is 10.1. The Balaban J connectivity index is 2.11. The summed E-state index contributed by atoms with van der Waals surface area (Å²) in [6, 6.07) is 4.80. The predicted molar refractivity (Wildman–Crippen MR) is 62.7 cm³/mol. The van der Waals surface area contributed by atoms with Crippen molar-refractivity contribution in [3.8, 4) is 0 Å². The summed E-state index contributed by atoms with van der Waals surface area (Å²) >= 11 is 0. The van der Waals surface area contributed by atoms with Crippen LogP contribution < -0.4 is 5.32 Å². The number of halogens is 3. The van der Waals surface area contributed by atoms with Crippen molar-refractivity contribution in [3.05, 3.63) is 35.4 Å². The molecule has 0 spiro atoms. The fourth-order valence-corrected chi connectivity index (χ4v) is 2.44. The van der Waals surface area contributed by atoms with Gasteiger partial charge in [-0.15, -0.1) is 0 Å². The Hall–Kier alpha value is -1.56. The van der Waals surface area contributed by atoms with E-state index in [2.05, 4.69) is 5.32 Å². The molecule has 0 radical (unpaired) electrons. The minimum Gasteiger partial charge on any atom is -0.480 e. The topological polar surface area (TPSA) is 49.3 Å². The fourth-order valence-electron chi connectivity index (χ4n) is 2.44. The average Bonchev–Trinajstić information content (AvgIpc) is 2.77. The third-order valence-corrected chi connectivity index (χ3v) is 3.35. The van der Waals surface area contributed by atoms with E-state index in [9.17, 15) is 18.0 Å². The molecule has 2 atom stereocenters. The largest absolute Gasteiger partial charge is 0.480 e. The van der Waals surface area contributed by atoms with Crippen LogP contribution in [0.15, 0.2) is 24.3 Å². The van der Waals surface area contributed by atoms with E-state index in [1.165, 1.54) is 12.1 Å². The van der Waals surface area contributed by atoms with Crippen LogP contribution in [0.3, 0.4) is 0 Å². The van der Waals surface area contributed by atoms with Crippen molar-refractivity contribution in [1.29, 1.82) is 0 Å². The molecule has 1 aliphatic rings. The van der Waals surface area contributed by atoms with Gasteiger partial charge in [0.2, 0.25) is 0 Å². The number of carboxylic acid groups (broad SMARTS) is 1. The van der Waals surface area contributed by atoms with Crippen LogP contribution >= 0.6 is 0 Å². The first-order valence-corrected chi connectivity index (χ1v) is 5.99. The fraction of sp³-hybridized carbons (Fsp3) is 0.462. The molecule has 0 bridgehead atoms. The quantitative estimate of drug-likeness (QED) is 0.888.